The lowest BCUT2D eigenvalue weighted by Crippen LogP contribution is -2.39. The van der Waals surface area contributed by atoms with Gasteiger partial charge in [-0.2, -0.15) is 11.8 Å². The third-order valence-corrected chi connectivity index (χ3v) is 4.08. The second-order valence-electron chi connectivity index (χ2n) is 4.61. The number of hydrogen-bond acceptors (Lipinski definition) is 4. The Morgan fingerprint density at radius 1 is 1.55 bits per heavy atom. The molecular formula is C14H21ClN2O2S. The predicted octanol–water partition coefficient (Wildman–Crippen LogP) is 2.29. The number of carbonyl (C=O) groups is 1. The molecule has 0 spiro atoms. The summed E-state index contributed by atoms with van der Waals surface area (Å²) < 4.78 is 5.08. The van der Waals surface area contributed by atoms with Crippen LogP contribution in [0, 0.1) is 0 Å². The summed E-state index contributed by atoms with van der Waals surface area (Å²) in [6, 6.07) is 8.06. The van der Waals surface area contributed by atoms with E-state index in [1.807, 2.05) is 36.0 Å². The summed E-state index contributed by atoms with van der Waals surface area (Å²) in [5.74, 6) is 2.21. The van der Waals surface area contributed by atoms with Gasteiger partial charge in [0.1, 0.15) is 0 Å². The fourth-order valence-electron chi connectivity index (χ4n) is 2.09. The molecule has 1 aliphatic rings. The number of benzene rings is 1. The number of thioether (sulfide) groups is 1. The number of anilines is 1. The molecule has 1 aromatic rings. The number of carbonyl (C=O) groups excluding carboxylic acids is 1. The molecule has 2 N–H and O–H groups in total. The molecule has 6 heteroatoms. The van der Waals surface area contributed by atoms with Crippen LogP contribution in [0.25, 0.3) is 0 Å². The maximum atomic E-state index is 12.0. The van der Waals surface area contributed by atoms with Crippen molar-refractivity contribution in [1.29, 1.82) is 0 Å². The summed E-state index contributed by atoms with van der Waals surface area (Å²) in [5, 5.41) is 6.31. The van der Waals surface area contributed by atoms with Crippen molar-refractivity contribution in [3.8, 4) is 0 Å². The van der Waals surface area contributed by atoms with Crippen LogP contribution in [0.2, 0.25) is 0 Å². The third kappa shape index (κ3) is 5.71. The van der Waals surface area contributed by atoms with Crippen LogP contribution in [0.5, 0.6) is 0 Å². The van der Waals surface area contributed by atoms with Gasteiger partial charge in [0, 0.05) is 43.3 Å². The highest BCUT2D eigenvalue weighted by Gasteiger charge is 2.16. The Bertz CT molecular complexity index is 425. The fourth-order valence-corrected chi connectivity index (χ4v) is 3.04. The topological polar surface area (TPSA) is 50.4 Å². The van der Waals surface area contributed by atoms with Crippen LogP contribution < -0.4 is 10.6 Å². The van der Waals surface area contributed by atoms with Gasteiger partial charge in [-0.05, 0) is 17.7 Å². The number of nitrogens with one attached hydrogen (secondary N) is 2. The molecule has 0 radical (unpaired) electrons. The second kappa shape index (κ2) is 9.23. The Hall–Kier alpha value is -0.750. The number of ether oxygens (including phenoxy) is 1. The Kier molecular flexibility index (Phi) is 7.99. The molecule has 112 valence electrons. The van der Waals surface area contributed by atoms with Crippen molar-refractivity contribution in [2.45, 2.75) is 19.1 Å². The first-order valence-electron chi connectivity index (χ1n) is 6.47. The van der Waals surface area contributed by atoms with Gasteiger partial charge in [-0.3, -0.25) is 4.79 Å². The molecule has 1 saturated heterocycles. The standard InChI is InChI=1S/C14H20N2O2S.ClH/c1-18-9-11-3-2-4-12(7-11)16-14(17)8-13-10-19-6-5-15-13;/h2-4,7,13,15H,5-6,8-10H2,1H3,(H,16,17);1H. The van der Waals surface area contributed by atoms with Crippen molar-refractivity contribution in [1.82, 2.24) is 5.32 Å². The summed E-state index contributed by atoms with van der Waals surface area (Å²) in [7, 11) is 1.66. The molecule has 4 nitrogen and oxygen atoms in total. The first kappa shape index (κ1) is 17.3. The lowest BCUT2D eigenvalue weighted by Gasteiger charge is -2.22. The molecule has 1 atom stereocenters. The highest BCUT2D eigenvalue weighted by Crippen LogP contribution is 2.14. The number of amides is 1. The van der Waals surface area contributed by atoms with E-state index in [1.54, 1.807) is 7.11 Å². The van der Waals surface area contributed by atoms with E-state index in [-0.39, 0.29) is 18.3 Å². The lowest BCUT2D eigenvalue weighted by molar-refractivity contribution is -0.116. The molecule has 0 aliphatic carbocycles. The molecular weight excluding hydrogens is 296 g/mol. The van der Waals surface area contributed by atoms with Gasteiger partial charge in [-0.1, -0.05) is 12.1 Å². The van der Waals surface area contributed by atoms with E-state index in [0.717, 1.165) is 29.3 Å². The van der Waals surface area contributed by atoms with Crippen molar-refractivity contribution in [3.05, 3.63) is 29.8 Å². The van der Waals surface area contributed by atoms with Crippen LogP contribution >= 0.6 is 24.2 Å². The van der Waals surface area contributed by atoms with Crippen molar-refractivity contribution in [3.63, 3.8) is 0 Å². The van der Waals surface area contributed by atoms with Crippen LogP contribution in [0.15, 0.2) is 24.3 Å². The number of methoxy groups -OCH3 is 1. The Balaban J connectivity index is 0.00000200. The maximum Gasteiger partial charge on any atom is 0.225 e. The van der Waals surface area contributed by atoms with Gasteiger partial charge in [0.15, 0.2) is 0 Å². The molecule has 0 aromatic heterocycles. The van der Waals surface area contributed by atoms with E-state index in [0.29, 0.717) is 19.1 Å². The summed E-state index contributed by atoms with van der Waals surface area (Å²) in [6.45, 7) is 1.55. The van der Waals surface area contributed by atoms with Crippen molar-refractivity contribution in [2.75, 3.05) is 30.5 Å². The minimum Gasteiger partial charge on any atom is -0.380 e. The average molecular weight is 317 g/mol. The molecule has 20 heavy (non-hydrogen) atoms. The third-order valence-electron chi connectivity index (χ3n) is 2.95. The highest BCUT2D eigenvalue weighted by molar-refractivity contribution is 7.99. The van der Waals surface area contributed by atoms with Crippen LogP contribution in [0.3, 0.4) is 0 Å². The van der Waals surface area contributed by atoms with Crippen LogP contribution in [-0.4, -0.2) is 37.1 Å². The zero-order valence-electron chi connectivity index (χ0n) is 11.6. The molecule has 1 fully saturated rings. The fraction of sp³-hybridized carbons (Fsp3) is 0.500. The number of rotatable bonds is 5. The minimum atomic E-state index is 0. The summed E-state index contributed by atoms with van der Waals surface area (Å²) >= 11 is 1.90. The Morgan fingerprint density at radius 2 is 2.40 bits per heavy atom. The molecule has 2 rings (SSSR count). The average Bonchev–Trinajstić information content (AvgIpc) is 2.40. The van der Waals surface area contributed by atoms with E-state index < -0.39 is 0 Å². The molecule has 1 aliphatic heterocycles. The van der Waals surface area contributed by atoms with E-state index in [1.165, 1.54) is 0 Å². The van der Waals surface area contributed by atoms with Gasteiger partial charge in [0.2, 0.25) is 5.91 Å². The number of halogens is 1. The summed E-state index contributed by atoms with van der Waals surface area (Å²) in [5.41, 5.74) is 1.90. The van der Waals surface area contributed by atoms with Crippen molar-refractivity contribution >= 4 is 35.8 Å². The van der Waals surface area contributed by atoms with Crippen LogP contribution in [0.4, 0.5) is 5.69 Å². The lowest BCUT2D eigenvalue weighted by atomic mass is 10.2. The molecule has 1 unspecified atom stereocenters. The van der Waals surface area contributed by atoms with Crippen molar-refractivity contribution < 1.29 is 9.53 Å². The maximum absolute atomic E-state index is 12.0. The van der Waals surface area contributed by atoms with Crippen LogP contribution in [-0.2, 0) is 16.1 Å². The Morgan fingerprint density at radius 3 is 3.10 bits per heavy atom. The highest BCUT2D eigenvalue weighted by atomic mass is 35.5. The second-order valence-corrected chi connectivity index (χ2v) is 5.76. The minimum absolute atomic E-state index is 0. The normalized spacial score (nSPS) is 18.1. The monoisotopic (exact) mass is 316 g/mol. The zero-order valence-corrected chi connectivity index (χ0v) is 13.2. The first-order valence-corrected chi connectivity index (χ1v) is 7.62. The van der Waals surface area contributed by atoms with Gasteiger partial charge in [-0.25, -0.2) is 0 Å². The number of hydrogen-bond donors (Lipinski definition) is 2. The van der Waals surface area contributed by atoms with E-state index in [4.69, 9.17) is 4.74 Å². The van der Waals surface area contributed by atoms with Gasteiger partial charge in [0.25, 0.3) is 0 Å². The van der Waals surface area contributed by atoms with Gasteiger partial charge >= 0.3 is 0 Å². The van der Waals surface area contributed by atoms with E-state index >= 15 is 0 Å². The summed E-state index contributed by atoms with van der Waals surface area (Å²) in [6.07, 6.45) is 0.529. The molecule has 1 heterocycles. The summed E-state index contributed by atoms with van der Waals surface area (Å²) in [4.78, 5) is 12.0. The zero-order chi connectivity index (χ0) is 13.5. The largest absolute Gasteiger partial charge is 0.380 e. The molecule has 0 saturated carbocycles. The van der Waals surface area contributed by atoms with Gasteiger partial charge < -0.3 is 15.4 Å². The molecule has 0 bridgehead atoms. The Labute approximate surface area is 130 Å². The smallest absolute Gasteiger partial charge is 0.225 e. The SMILES string of the molecule is COCc1cccc(NC(=O)CC2CSCCN2)c1.Cl. The van der Waals surface area contributed by atoms with Crippen molar-refractivity contribution in [2.24, 2.45) is 0 Å². The van der Waals surface area contributed by atoms with E-state index in [9.17, 15) is 4.79 Å². The van der Waals surface area contributed by atoms with Crippen LogP contribution in [0.1, 0.15) is 12.0 Å². The van der Waals surface area contributed by atoms with Gasteiger partial charge in [-0.15, -0.1) is 12.4 Å². The first-order chi connectivity index (χ1) is 9.28. The molecule has 1 amide bonds. The molecule has 1 aromatic carbocycles. The quantitative estimate of drug-likeness (QED) is 0.875. The predicted molar refractivity (Wildman–Crippen MR) is 86.8 cm³/mol. The van der Waals surface area contributed by atoms with Gasteiger partial charge in [0.05, 0.1) is 6.61 Å². The van der Waals surface area contributed by atoms with E-state index in [2.05, 4.69) is 10.6 Å².